The fourth-order valence-electron chi connectivity index (χ4n) is 6.47. The summed E-state index contributed by atoms with van der Waals surface area (Å²) in [6.07, 6.45) is 10.6. The van der Waals surface area contributed by atoms with Gasteiger partial charge in [0.15, 0.2) is 0 Å². The van der Waals surface area contributed by atoms with E-state index in [-0.39, 0.29) is 31.2 Å². The maximum Gasteiger partial charge on any atom is 0.0798 e. The van der Waals surface area contributed by atoms with Crippen molar-refractivity contribution in [2.45, 2.75) is 65.4 Å². The summed E-state index contributed by atoms with van der Waals surface area (Å²) in [5.74, 6) is 0.880. The molecule has 251 valence electrons. The SMILES string of the molecule is C[Si](C)(C)c1cnc(-c2[c-]cccc2)cc1CC1CCCC1.[2H]C([2H])([2H])c1ccc(-c2cc[c-]c(-c3cc(C([2H])([2H])[2H])c(-c4ccccc4)cn3)c2)cc1.[Ir]. The molecule has 0 N–H and O–H groups in total. The van der Waals surface area contributed by atoms with Crippen LogP contribution in [-0.2, 0) is 26.5 Å². The van der Waals surface area contributed by atoms with Gasteiger partial charge in [0.2, 0.25) is 0 Å². The fraction of sp³-hybridized carbons (Fsp3) is 0.244. The fourth-order valence-corrected chi connectivity index (χ4v) is 8.06. The standard InChI is InChI=1S/C25H20N.C20H26NSi.Ir/c1-18-11-13-20(14-12-18)22-9-6-10-23(16-22)25-15-19(2)24(17-26-25)21-7-4-3-5-8-21;1-22(2,3)20-15-21-19(17-11-5-4-6-12-17)14-18(20)13-16-9-7-8-10-16;/h3-9,11-17H,1-2H3;4-6,11,14-16H,7-10,13H2,1-3H3;/q2*-1;/i1D3,2D3;;. The van der Waals surface area contributed by atoms with Crippen LogP contribution in [0.25, 0.3) is 44.8 Å². The molecule has 49 heavy (non-hydrogen) atoms. The summed E-state index contributed by atoms with van der Waals surface area (Å²) >= 11 is 0. The molecule has 0 spiro atoms. The van der Waals surface area contributed by atoms with Gasteiger partial charge in [0.25, 0.3) is 0 Å². The van der Waals surface area contributed by atoms with Crippen molar-refractivity contribution in [2.75, 3.05) is 0 Å². The van der Waals surface area contributed by atoms with Crippen LogP contribution in [0.15, 0.2) is 122 Å². The molecule has 1 aliphatic rings. The molecule has 1 fully saturated rings. The Morgan fingerprint density at radius 2 is 1.41 bits per heavy atom. The first-order valence-corrected chi connectivity index (χ1v) is 20.3. The molecule has 2 heterocycles. The zero-order valence-corrected chi connectivity index (χ0v) is 31.8. The van der Waals surface area contributed by atoms with E-state index in [1.807, 2.05) is 54.6 Å². The number of benzene rings is 4. The van der Waals surface area contributed by atoms with Crippen molar-refractivity contribution < 1.29 is 28.3 Å². The number of pyridine rings is 2. The minimum atomic E-state index is -2.30. The van der Waals surface area contributed by atoms with E-state index < -0.39 is 21.8 Å². The number of hydrogen-bond donors (Lipinski definition) is 0. The van der Waals surface area contributed by atoms with Crippen LogP contribution in [0, 0.1) is 31.8 Å². The number of nitrogens with zero attached hydrogens (tertiary/aromatic N) is 2. The van der Waals surface area contributed by atoms with Crippen molar-refractivity contribution in [1.82, 2.24) is 9.97 Å². The molecule has 1 aliphatic carbocycles. The van der Waals surface area contributed by atoms with Crippen LogP contribution < -0.4 is 5.19 Å². The van der Waals surface area contributed by atoms with Crippen molar-refractivity contribution in [2.24, 2.45) is 5.92 Å². The van der Waals surface area contributed by atoms with Gasteiger partial charge < -0.3 is 9.97 Å². The molecule has 4 heteroatoms. The largest absolute Gasteiger partial charge is 0.305 e. The topological polar surface area (TPSA) is 25.8 Å². The van der Waals surface area contributed by atoms with Gasteiger partial charge in [0.05, 0.1) is 8.07 Å². The summed E-state index contributed by atoms with van der Waals surface area (Å²) in [6, 6.07) is 40.1. The minimum absolute atomic E-state index is 0. The van der Waals surface area contributed by atoms with Gasteiger partial charge in [-0.2, -0.15) is 0 Å². The van der Waals surface area contributed by atoms with E-state index >= 15 is 0 Å². The molecule has 7 rings (SSSR count). The first-order chi connectivity index (χ1) is 25.7. The molecule has 1 saturated carbocycles. The average molecular weight is 841 g/mol. The summed E-state index contributed by atoms with van der Waals surface area (Å²) in [4.78, 5) is 9.28. The molecule has 6 aromatic rings. The van der Waals surface area contributed by atoms with E-state index in [2.05, 4.69) is 61.2 Å². The summed E-state index contributed by atoms with van der Waals surface area (Å²) in [7, 11) is -1.35. The van der Waals surface area contributed by atoms with Crippen molar-refractivity contribution >= 4 is 13.3 Å². The summed E-state index contributed by atoms with van der Waals surface area (Å²) < 4.78 is 46.6. The van der Waals surface area contributed by atoms with E-state index in [9.17, 15) is 0 Å². The predicted molar refractivity (Wildman–Crippen MR) is 206 cm³/mol. The second-order valence-electron chi connectivity index (χ2n) is 13.7. The molecule has 1 radical (unpaired) electrons. The Hall–Kier alpha value is -3.95. The Morgan fingerprint density at radius 3 is 2.10 bits per heavy atom. The number of aryl methyl sites for hydroxylation is 2. The number of aromatic nitrogens is 2. The maximum atomic E-state index is 8.02. The van der Waals surface area contributed by atoms with Crippen LogP contribution in [0.3, 0.4) is 0 Å². The monoisotopic (exact) mass is 841 g/mol. The number of rotatable bonds is 7. The molecule has 2 nitrogen and oxygen atoms in total. The van der Waals surface area contributed by atoms with E-state index in [0.717, 1.165) is 33.9 Å². The van der Waals surface area contributed by atoms with Crippen molar-refractivity contribution in [3.05, 3.63) is 150 Å². The molecule has 0 aliphatic heterocycles. The zero-order chi connectivity index (χ0) is 38.5. The third-order valence-electron chi connectivity index (χ3n) is 9.05. The summed E-state index contributed by atoms with van der Waals surface area (Å²) in [5.41, 5.74) is 8.51. The van der Waals surface area contributed by atoms with Crippen LogP contribution in [0.1, 0.15) is 50.6 Å². The summed E-state index contributed by atoms with van der Waals surface area (Å²) in [5, 5.41) is 1.54. The first kappa shape index (κ1) is 28.8. The normalized spacial score (nSPS) is 15.2. The minimum Gasteiger partial charge on any atom is -0.305 e. The van der Waals surface area contributed by atoms with E-state index in [4.69, 9.17) is 13.2 Å². The third-order valence-corrected chi connectivity index (χ3v) is 11.1. The summed E-state index contributed by atoms with van der Waals surface area (Å²) in [6.45, 7) is 2.83. The second-order valence-corrected chi connectivity index (χ2v) is 18.7. The molecule has 0 bridgehead atoms. The first-order valence-electron chi connectivity index (χ1n) is 19.8. The van der Waals surface area contributed by atoms with Crippen LogP contribution in [-0.4, -0.2) is 18.0 Å². The molecule has 0 amide bonds. The molecular weight excluding hydrogens is 789 g/mol. The van der Waals surface area contributed by atoms with Crippen molar-refractivity contribution in [1.29, 1.82) is 0 Å². The molecule has 0 atom stereocenters. The van der Waals surface area contributed by atoms with Crippen LogP contribution in [0.4, 0.5) is 0 Å². The van der Waals surface area contributed by atoms with Crippen LogP contribution in [0.2, 0.25) is 19.6 Å². The Kier molecular flexibility index (Phi) is 9.79. The Balaban J connectivity index is 0.000000221. The van der Waals surface area contributed by atoms with Gasteiger partial charge in [0.1, 0.15) is 0 Å². The van der Waals surface area contributed by atoms with E-state index in [1.54, 1.807) is 53.3 Å². The van der Waals surface area contributed by atoms with Gasteiger partial charge >= 0.3 is 0 Å². The predicted octanol–water partition coefficient (Wildman–Crippen LogP) is 11.3. The molecule has 0 saturated heterocycles. The van der Waals surface area contributed by atoms with Crippen molar-refractivity contribution in [3.8, 4) is 44.8 Å². The van der Waals surface area contributed by atoms with Crippen molar-refractivity contribution in [3.63, 3.8) is 0 Å². The molecule has 4 aromatic carbocycles. The van der Waals surface area contributed by atoms with Gasteiger partial charge in [-0.05, 0) is 59.3 Å². The third kappa shape index (κ3) is 9.39. The van der Waals surface area contributed by atoms with Crippen LogP contribution >= 0.6 is 0 Å². The maximum absolute atomic E-state index is 8.02. The molecular formula is C45H46IrN2Si-2. The molecule has 2 aromatic heterocycles. The van der Waals surface area contributed by atoms with Gasteiger partial charge in [-0.15, -0.1) is 71.3 Å². The van der Waals surface area contributed by atoms with E-state index in [0.29, 0.717) is 16.8 Å². The quantitative estimate of drug-likeness (QED) is 0.118. The smallest absolute Gasteiger partial charge is 0.0798 e. The Bertz CT molecular complexity index is 2160. The van der Waals surface area contributed by atoms with Gasteiger partial charge in [-0.25, -0.2) is 0 Å². The van der Waals surface area contributed by atoms with E-state index in [1.165, 1.54) is 32.1 Å². The zero-order valence-electron chi connectivity index (χ0n) is 34.4. The molecule has 0 unspecified atom stereocenters. The average Bonchev–Trinajstić information content (AvgIpc) is 3.68. The second kappa shape index (κ2) is 16.6. The van der Waals surface area contributed by atoms with Gasteiger partial charge in [0, 0.05) is 46.3 Å². The van der Waals surface area contributed by atoms with Gasteiger partial charge in [-0.1, -0.05) is 123 Å². The Morgan fingerprint density at radius 1 is 0.694 bits per heavy atom. The van der Waals surface area contributed by atoms with Gasteiger partial charge in [-0.3, -0.25) is 0 Å². The Labute approximate surface area is 316 Å². The number of hydrogen-bond acceptors (Lipinski definition) is 2. The van der Waals surface area contributed by atoms with Crippen LogP contribution in [0.5, 0.6) is 0 Å².